The Morgan fingerprint density at radius 2 is 2.28 bits per heavy atom. The van der Waals surface area contributed by atoms with E-state index in [4.69, 9.17) is 11.6 Å². The third kappa shape index (κ3) is 2.29. The predicted molar refractivity (Wildman–Crippen MR) is 73.1 cm³/mol. The number of hydrogen-bond donors (Lipinski definition) is 1. The van der Waals surface area contributed by atoms with Gasteiger partial charge in [-0.25, -0.2) is 4.98 Å². The van der Waals surface area contributed by atoms with Crippen molar-refractivity contribution in [3.63, 3.8) is 0 Å². The lowest BCUT2D eigenvalue weighted by atomic mass is 10.0. The highest BCUT2D eigenvalue weighted by atomic mass is 35.5. The van der Waals surface area contributed by atoms with Crippen LogP contribution < -0.4 is 5.32 Å². The topological polar surface area (TPSA) is 45.2 Å². The number of anilines is 1. The third-order valence-electron chi connectivity index (χ3n) is 3.49. The number of rotatable bonds is 2. The second-order valence-corrected chi connectivity index (χ2v) is 5.58. The zero-order chi connectivity index (χ0) is 13.3. The highest BCUT2D eigenvalue weighted by Crippen LogP contribution is 2.31. The quantitative estimate of drug-likeness (QED) is 0.896. The highest BCUT2D eigenvalue weighted by Gasteiger charge is 2.36. The van der Waals surface area contributed by atoms with Crippen LogP contribution in [-0.2, 0) is 0 Å². The summed E-state index contributed by atoms with van der Waals surface area (Å²) in [6.45, 7) is 4.97. The number of aromatic nitrogens is 1. The summed E-state index contributed by atoms with van der Waals surface area (Å²) in [6, 6.07) is 1.71. The van der Waals surface area contributed by atoms with Crippen LogP contribution in [0.25, 0.3) is 0 Å². The predicted octanol–water partition coefficient (Wildman–Crippen LogP) is 2.79. The lowest BCUT2D eigenvalue weighted by Gasteiger charge is -2.32. The van der Waals surface area contributed by atoms with Gasteiger partial charge in [0.25, 0.3) is 5.91 Å². The molecule has 4 nitrogen and oxygen atoms in total. The van der Waals surface area contributed by atoms with Gasteiger partial charge in [0.15, 0.2) is 0 Å². The van der Waals surface area contributed by atoms with Gasteiger partial charge in [-0.3, -0.25) is 4.79 Å². The molecule has 0 atom stereocenters. The highest BCUT2D eigenvalue weighted by molar-refractivity contribution is 6.33. The van der Waals surface area contributed by atoms with Crippen LogP contribution in [0.1, 0.15) is 37.0 Å². The summed E-state index contributed by atoms with van der Waals surface area (Å²) in [6.07, 6.45) is 3.59. The monoisotopic (exact) mass is 267 g/mol. The molecule has 1 aliphatic heterocycles. The van der Waals surface area contributed by atoms with E-state index < -0.39 is 0 Å². The van der Waals surface area contributed by atoms with Crippen LogP contribution >= 0.6 is 11.6 Å². The Balaban J connectivity index is 2.34. The molecule has 0 aliphatic carbocycles. The minimum Gasteiger partial charge on any atom is -0.373 e. The molecule has 1 aromatic heterocycles. The zero-order valence-corrected chi connectivity index (χ0v) is 11.7. The van der Waals surface area contributed by atoms with Gasteiger partial charge < -0.3 is 10.2 Å². The fraction of sp³-hybridized carbons (Fsp3) is 0.538. The molecule has 1 aromatic rings. The van der Waals surface area contributed by atoms with Crippen molar-refractivity contribution < 1.29 is 4.79 Å². The third-order valence-corrected chi connectivity index (χ3v) is 3.79. The first-order valence-corrected chi connectivity index (χ1v) is 6.49. The second-order valence-electron chi connectivity index (χ2n) is 5.17. The van der Waals surface area contributed by atoms with Crippen LogP contribution in [0.3, 0.4) is 0 Å². The molecule has 0 saturated carbocycles. The van der Waals surface area contributed by atoms with E-state index in [9.17, 15) is 4.79 Å². The summed E-state index contributed by atoms with van der Waals surface area (Å²) in [5.41, 5.74) is 0.426. The van der Waals surface area contributed by atoms with Gasteiger partial charge in [-0.2, -0.15) is 0 Å². The van der Waals surface area contributed by atoms with Crippen LogP contribution in [-0.4, -0.2) is 34.9 Å². The first kappa shape index (κ1) is 13.1. The first-order valence-electron chi connectivity index (χ1n) is 6.11. The zero-order valence-electron chi connectivity index (χ0n) is 11.0. The molecule has 5 heteroatoms. The van der Waals surface area contributed by atoms with Gasteiger partial charge in [0.05, 0.1) is 10.6 Å². The second kappa shape index (κ2) is 4.76. The fourth-order valence-electron chi connectivity index (χ4n) is 2.37. The van der Waals surface area contributed by atoms with Crippen molar-refractivity contribution in [3.8, 4) is 0 Å². The van der Waals surface area contributed by atoms with Crippen LogP contribution in [0, 0.1) is 0 Å². The van der Waals surface area contributed by atoms with Crippen LogP contribution in [0.15, 0.2) is 12.3 Å². The molecule has 0 unspecified atom stereocenters. The Morgan fingerprint density at radius 1 is 1.56 bits per heavy atom. The number of halogens is 1. The Hall–Kier alpha value is -1.29. The van der Waals surface area contributed by atoms with E-state index in [1.54, 1.807) is 13.1 Å². The van der Waals surface area contributed by atoms with Gasteiger partial charge in [-0.05, 0) is 32.8 Å². The molecule has 0 bridgehead atoms. The Bertz CT molecular complexity index is 473. The van der Waals surface area contributed by atoms with Crippen molar-refractivity contribution in [2.24, 2.45) is 0 Å². The summed E-state index contributed by atoms with van der Waals surface area (Å²) in [7, 11) is 1.77. The molecular weight excluding hydrogens is 250 g/mol. The largest absolute Gasteiger partial charge is 0.373 e. The molecular formula is C13H18ClN3O. The Labute approximate surface area is 112 Å². The van der Waals surface area contributed by atoms with Gasteiger partial charge in [0.2, 0.25) is 0 Å². The van der Waals surface area contributed by atoms with Gasteiger partial charge in [-0.15, -0.1) is 0 Å². The minimum atomic E-state index is -0.0938. The standard InChI is InChI=1S/C13H18ClN3O/c1-13(2)5-4-6-17(13)12(18)9-7-11(15-3)16-8-10(9)14/h7-8H,4-6H2,1-3H3,(H,15,16). The molecule has 1 amide bonds. The number of nitrogens with one attached hydrogen (secondary N) is 1. The number of hydrogen-bond acceptors (Lipinski definition) is 3. The molecule has 98 valence electrons. The fourth-order valence-corrected chi connectivity index (χ4v) is 2.55. The first-order chi connectivity index (χ1) is 8.45. The van der Waals surface area contributed by atoms with Gasteiger partial charge >= 0.3 is 0 Å². The maximum Gasteiger partial charge on any atom is 0.256 e. The SMILES string of the molecule is CNc1cc(C(=O)N2CCCC2(C)C)c(Cl)cn1. The van der Waals surface area contributed by atoms with Crippen molar-refractivity contribution in [3.05, 3.63) is 22.8 Å². The van der Waals surface area contributed by atoms with Crippen molar-refractivity contribution >= 4 is 23.3 Å². The van der Waals surface area contributed by atoms with Crippen molar-refractivity contribution in [1.29, 1.82) is 0 Å². The number of amides is 1. The maximum absolute atomic E-state index is 12.5. The molecule has 0 spiro atoms. The van der Waals surface area contributed by atoms with Crippen LogP contribution in [0.4, 0.5) is 5.82 Å². The number of pyridine rings is 1. The average molecular weight is 268 g/mol. The number of carbonyl (C=O) groups excluding carboxylic acids is 1. The maximum atomic E-state index is 12.5. The molecule has 1 saturated heterocycles. The van der Waals surface area contributed by atoms with E-state index in [0.29, 0.717) is 16.4 Å². The van der Waals surface area contributed by atoms with Crippen molar-refractivity contribution in [2.45, 2.75) is 32.2 Å². The summed E-state index contributed by atoms with van der Waals surface area (Å²) in [5.74, 6) is 0.640. The van der Waals surface area contributed by atoms with E-state index in [-0.39, 0.29) is 11.4 Å². The molecule has 18 heavy (non-hydrogen) atoms. The molecule has 1 aliphatic rings. The average Bonchev–Trinajstić information content (AvgIpc) is 2.69. The molecule has 1 fully saturated rings. The number of likely N-dealkylation sites (tertiary alicyclic amines) is 1. The lowest BCUT2D eigenvalue weighted by Crippen LogP contribution is -2.42. The van der Waals surface area contributed by atoms with E-state index in [1.165, 1.54) is 6.20 Å². The normalized spacial score (nSPS) is 17.9. The van der Waals surface area contributed by atoms with Crippen molar-refractivity contribution in [2.75, 3.05) is 18.9 Å². The Kier molecular flexibility index (Phi) is 3.48. The van der Waals surface area contributed by atoms with Gasteiger partial charge in [0.1, 0.15) is 5.82 Å². The molecule has 1 N–H and O–H groups in total. The summed E-state index contributed by atoms with van der Waals surface area (Å²) in [5, 5.41) is 3.32. The van der Waals surface area contributed by atoms with E-state index in [0.717, 1.165) is 19.4 Å². The summed E-state index contributed by atoms with van der Waals surface area (Å²) in [4.78, 5) is 18.5. The lowest BCUT2D eigenvalue weighted by molar-refractivity contribution is 0.0652. The van der Waals surface area contributed by atoms with Crippen LogP contribution in [0.2, 0.25) is 5.02 Å². The molecule has 0 aromatic carbocycles. The Morgan fingerprint density at radius 3 is 2.83 bits per heavy atom. The van der Waals surface area contributed by atoms with Gasteiger partial charge in [-0.1, -0.05) is 11.6 Å². The van der Waals surface area contributed by atoms with Gasteiger partial charge in [0, 0.05) is 25.3 Å². The number of nitrogens with zero attached hydrogens (tertiary/aromatic N) is 2. The van der Waals surface area contributed by atoms with E-state index in [1.807, 2.05) is 4.90 Å². The van der Waals surface area contributed by atoms with E-state index >= 15 is 0 Å². The molecule has 2 heterocycles. The van der Waals surface area contributed by atoms with Crippen LogP contribution in [0.5, 0.6) is 0 Å². The smallest absolute Gasteiger partial charge is 0.256 e. The summed E-state index contributed by atoms with van der Waals surface area (Å²) >= 11 is 6.08. The number of carbonyl (C=O) groups is 1. The van der Waals surface area contributed by atoms with Crippen molar-refractivity contribution in [1.82, 2.24) is 9.88 Å². The van der Waals surface area contributed by atoms with E-state index in [2.05, 4.69) is 24.1 Å². The molecule has 2 rings (SSSR count). The molecule has 0 radical (unpaired) electrons. The minimum absolute atomic E-state index is 0.0126. The summed E-state index contributed by atoms with van der Waals surface area (Å²) < 4.78 is 0.